The molecule has 0 aliphatic heterocycles. The first-order valence-corrected chi connectivity index (χ1v) is 8.65. The first-order valence-electron chi connectivity index (χ1n) is 5.35. The van der Waals surface area contributed by atoms with Gasteiger partial charge in [0.25, 0.3) is 10.1 Å². The van der Waals surface area contributed by atoms with E-state index in [4.69, 9.17) is 4.18 Å². The Morgan fingerprint density at radius 1 is 1.33 bits per heavy atom. The molecule has 1 aromatic rings. The molecule has 1 atom stereocenters. The van der Waals surface area contributed by atoms with Gasteiger partial charge >= 0.3 is 6.18 Å². The summed E-state index contributed by atoms with van der Waals surface area (Å²) in [5.74, 6) is 0. The Hall–Kier alpha value is -1.04. The van der Waals surface area contributed by atoms with Crippen molar-refractivity contribution in [3.05, 3.63) is 29.1 Å². The molecule has 1 heterocycles. The lowest BCUT2D eigenvalue weighted by atomic mass is 10.1. The second-order valence-corrected chi connectivity index (χ2v) is 6.64. The zero-order valence-electron chi connectivity index (χ0n) is 11.0. The SMILES string of the molecule is CS(=O)OCc1cc(C(F)(F)F)cnc1COS(C)(=O)=O. The molecular weight excluding hydrogens is 335 g/mol. The molecule has 1 aromatic heterocycles. The highest BCUT2D eigenvalue weighted by Gasteiger charge is 2.31. The van der Waals surface area contributed by atoms with Gasteiger partial charge in [0.2, 0.25) is 0 Å². The highest BCUT2D eigenvalue weighted by molar-refractivity contribution is 7.85. The summed E-state index contributed by atoms with van der Waals surface area (Å²) in [6.07, 6.45) is -2.04. The fourth-order valence-corrected chi connectivity index (χ4v) is 1.88. The van der Waals surface area contributed by atoms with Crippen molar-refractivity contribution in [2.45, 2.75) is 19.4 Å². The van der Waals surface area contributed by atoms with Gasteiger partial charge in [-0.2, -0.15) is 21.6 Å². The summed E-state index contributed by atoms with van der Waals surface area (Å²) in [6.45, 7) is -0.950. The van der Waals surface area contributed by atoms with Crippen LogP contribution in [-0.2, 0) is 49.0 Å². The van der Waals surface area contributed by atoms with E-state index < -0.39 is 46.2 Å². The largest absolute Gasteiger partial charge is 0.417 e. The summed E-state index contributed by atoms with van der Waals surface area (Å²) in [4.78, 5) is 3.54. The summed E-state index contributed by atoms with van der Waals surface area (Å²) < 4.78 is 79.7. The number of pyridine rings is 1. The monoisotopic (exact) mass is 347 g/mol. The number of hydrogen-bond donors (Lipinski definition) is 0. The zero-order chi connectivity index (χ0) is 16.3. The third kappa shape index (κ3) is 6.50. The van der Waals surface area contributed by atoms with E-state index in [1.54, 1.807) is 0 Å². The van der Waals surface area contributed by atoms with Crippen LogP contribution in [0, 0.1) is 0 Å². The first kappa shape index (κ1) is 18.0. The highest BCUT2D eigenvalue weighted by atomic mass is 32.2. The lowest BCUT2D eigenvalue weighted by molar-refractivity contribution is -0.137. The normalized spacial score (nSPS) is 14.1. The molecule has 0 radical (unpaired) electrons. The van der Waals surface area contributed by atoms with E-state index in [2.05, 4.69) is 9.17 Å². The smallest absolute Gasteiger partial charge is 0.286 e. The Bertz CT molecular complexity index is 630. The summed E-state index contributed by atoms with van der Waals surface area (Å²) in [5.41, 5.74) is -1.12. The molecule has 0 saturated heterocycles. The van der Waals surface area contributed by atoms with Crippen LogP contribution in [0.5, 0.6) is 0 Å². The summed E-state index contributed by atoms with van der Waals surface area (Å²) >= 11 is -1.69. The molecule has 11 heteroatoms. The van der Waals surface area contributed by atoms with E-state index in [-0.39, 0.29) is 11.3 Å². The van der Waals surface area contributed by atoms with Crippen molar-refractivity contribution in [3.8, 4) is 0 Å². The maximum Gasteiger partial charge on any atom is 0.417 e. The van der Waals surface area contributed by atoms with Crippen molar-refractivity contribution in [3.63, 3.8) is 0 Å². The molecule has 21 heavy (non-hydrogen) atoms. The predicted octanol–water partition coefficient (Wildman–Crippen LogP) is 1.39. The number of aromatic nitrogens is 1. The Labute approximate surface area is 122 Å². The Morgan fingerprint density at radius 2 is 1.95 bits per heavy atom. The Morgan fingerprint density at radius 3 is 2.43 bits per heavy atom. The topological polar surface area (TPSA) is 82.6 Å². The molecular formula is C10H12F3NO5S2. The van der Waals surface area contributed by atoms with Crippen LogP contribution < -0.4 is 0 Å². The Balaban J connectivity index is 3.07. The molecule has 0 spiro atoms. The van der Waals surface area contributed by atoms with E-state index in [0.717, 1.165) is 12.3 Å². The van der Waals surface area contributed by atoms with Gasteiger partial charge in [-0.1, -0.05) is 0 Å². The van der Waals surface area contributed by atoms with Gasteiger partial charge in [-0.05, 0) is 6.07 Å². The maximum absolute atomic E-state index is 12.6. The van der Waals surface area contributed by atoms with Crippen LogP contribution in [0.2, 0.25) is 0 Å². The first-order chi connectivity index (χ1) is 9.49. The molecule has 6 nitrogen and oxygen atoms in total. The molecule has 0 amide bonds. The molecule has 1 unspecified atom stereocenters. The molecule has 0 aromatic carbocycles. The van der Waals surface area contributed by atoms with Crippen LogP contribution in [0.3, 0.4) is 0 Å². The fraction of sp³-hybridized carbons (Fsp3) is 0.500. The average Bonchev–Trinajstić information content (AvgIpc) is 2.32. The van der Waals surface area contributed by atoms with Crippen LogP contribution in [0.25, 0.3) is 0 Å². The second kappa shape index (κ2) is 6.81. The minimum absolute atomic E-state index is 0.0427. The molecule has 0 aliphatic carbocycles. The summed E-state index contributed by atoms with van der Waals surface area (Å²) in [5, 5.41) is 0. The number of hydrogen-bond acceptors (Lipinski definition) is 6. The molecule has 1 rings (SSSR count). The molecule has 0 N–H and O–H groups in total. The van der Waals surface area contributed by atoms with Gasteiger partial charge in [-0.3, -0.25) is 13.4 Å². The third-order valence-electron chi connectivity index (χ3n) is 2.18. The van der Waals surface area contributed by atoms with Crippen molar-refractivity contribution in [1.29, 1.82) is 0 Å². The number of rotatable bonds is 6. The lowest BCUT2D eigenvalue weighted by Gasteiger charge is -2.12. The fourth-order valence-electron chi connectivity index (χ4n) is 1.26. The van der Waals surface area contributed by atoms with Gasteiger partial charge < -0.3 is 0 Å². The summed E-state index contributed by atoms with van der Waals surface area (Å²) in [7, 11) is -3.77. The molecule has 0 saturated carbocycles. The number of halogens is 3. The average molecular weight is 347 g/mol. The van der Waals surface area contributed by atoms with Crippen LogP contribution in [0.1, 0.15) is 16.8 Å². The molecule has 0 fully saturated rings. The quantitative estimate of drug-likeness (QED) is 0.723. The van der Waals surface area contributed by atoms with Crippen LogP contribution in [0.4, 0.5) is 13.2 Å². The van der Waals surface area contributed by atoms with Crippen molar-refractivity contribution >= 4 is 21.2 Å². The second-order valence-electron chi connectivity index (χ2n) is 3.96. The van der Waals surface area contributed by atoms with Gasteiger partial charge in [-0.25, -0.2) is 4.21 Å². The van der Waals surface area contributed by atoms with Crippen molar-refractivity contribution in [1.82, 2.24) is 4.98 Å². The van der Waals surface area contributed by atoms with E-state index in [1.807, 2.05) is 0 Å². The van der Waals surface area contributed by atoms with Crippen molar-refractivity contribution in [2.24, 2.45) is 0 Å². The number of nitrogens with zero attached hydrogens (tertiary/aromatic N) is 1. The van der Waals surface area contributed by atoms with Gasteiger partial charge in [-0.15, -0.1) is 0 Å². The molecule has 0 bridgehead atoms. The van der Waals surface area contributed by atoms with Crippen LogP contribution in [-0.4, -0.2) is 30.1 Å². The minimum atomic E-state index is -4.61. The summed E-state index contributed by atoms with van der Waals surface area (Å²) in [6, 6.07) is 0.751. The van der Waals surface area contributed by atoms with Crippen molar-refractivity contribution in [2.75, 3.05) is 12.5 Å². The van der Waals surface area contributed by atoms with Crippen LogP contribution in [0.15, 0.2) is 12.3 Å². The minimum Gasteiger partial charge on any atom is -0.286 e. The number of alkyl halides is 3. The molecule has 120 valence electrons. The van der Waals surface area contributed by atoms with Crippen molar-refractivity contribution < 1.29 is 34.2 Å². The highest BCUT2D eigenvalue weighted by Crippen LogP contribution is 2.30. The van der Waals surface area contributed by atoms with Gasteiger partial charge in [0.15, 0.2) is 11.1 Å². The van der Waals surface area contributed by atoms with E-state index in [0.29, 0.717) is 6.20 Å². The van der Waals surface area contributed by atoms with Gasteiger partial charge in [0.1, 0.15) is 6.61 Å². The third-order valence-corrected chi connectivity index (χ3v) is 3.17. The molecule has 0 aliphatic rings. The van der Waals surface area contributed by atoms with Crippen LogP contribution >= 0.6 is 0 Å². The van der Waals surface area contributed by atoms with Gasteiger partial charge in [0, 0.05) is 18.0 Å². The van der Waals surface area contributed by atoms with Gasteiger partial charge in [0.05, 0.1) is 24.1 Å². The predicted molar refractivity (Wildman–Crippen MR) is 67.7 cm³/mol. The maximum atomic E-state index is 12.6. The standard InChI is InChI=1S/C10H12F3NO5S2/c1-20(15)18-5-7-3-8(10(11,12)13)4-14-9(7)6-19-21(2,16)17/h3-4H,5-6H2,1-2H3. The Kier molecular flexibility index (Phi) is 5.84. The zero-order valence-corrected chi connectivity index (χ0v) is 12.6. The van der Waals surface area contributed by atoms with E-state index >= 15 is 0 Å². The van der Waals surface area contributed by atoms with E-state index in [1.165, 1.54) is 6.26 Å². The van der Waals surface area contributed by atoms with E-state index in [9.17, 15) is 25.8 Å². The lowest BCUT2D eigenvalue weighted by Crippen LogP contribution is -2.12.